The van der Waals surface area contributed by atoms with E-state index in [0.717, 1.165) is 0 Å². The molecular weight excluding hydrogens is 299 g/mol. The first-order valence-corrected chi connectivity index (χ1v) is 8.55. The van der Waals surface area contributed by atoms with Gasteiger partial charge in [0.05, 0.1) is 0 Å². The monoisotopic (exact) mass is 314 g/mol. The Balaban J connectivity index is 3.11. The van der Waals surface area contributed by atoms with Crippen LogP contribution in [0.3, 0.4) is 0 Å². The van der Waals surface area contributed by atoms with Gasteiger partial charge in [-0.05, 0) is 12.1 Å². The summed E-state index contributed by atoms with van der Waals surface area (Å²) < 4.78 is 75.9. The van der Waals surface area contributed by atoms with Crippen LogP contribution in [0.15, 0.2) is 0 Å². The molecule has 0 spiro atoms. The highest BCUT2D eigenvalue weighted by atomic mass is 28.4. The molecule has 0 aliphatic carbocycles. The summed E-state index contributed by atoms with van der Waals surface area (Å²) in [5, 5.41) is 0. The van der Waals surface area contributed by atoms with Crippen LogP contribution in [0, 0.1) is 29.1 Å². The van der Waals surface area contributed by atoms with Crippen LogP contribution < -0.4 is 4.74 Å². The zero-order chi connectivity index (χ0) is 15.5. The van der Waals surface area contributed by atoms with Gasteiger partial charge < -0.3 is 9.16 Å². The minimum Gasteiger partial charge on any atom is -0.488 e. The molecule has 1 aromatic carbocycles. The van der Waals surface area contributed by atoms with E-state index in [-0.39, 0.29) is 6.23 Å². The van der Waals surface area contributed by atoms with Crippen molar-refractivity contribution in [1.29, 1.82) is 0 Å². The van der Waals surface area contributed by atoms with Gasteiger partial charge >= 0.3 is 0 Å². The summed E-state index contributed by atoms with van der Waals surface area (Å²) in [6.45, 7) is 3.64. The molecule has 1 rings (SSSR count). The lowest BCUT2D eigenvalue weighted by molar-refractivity contribution is 0.270. The van der Waals surface area contributed by atoms with Gasteiger partial charge in [0.1, 0.15) is 6.23 Å². The van der Waals surface area contributed by atoms with E-state index in [1.54, 1.807) is 0 Å². The van der Waals surface area contributed by atoms with Gasteiger partial charge in [0.15, 0.2) is 5.75 Å². The first-order chi connectivity index (χ1) is 9.33. The second-order valence-corrected chi connectivity index (χ2v) is 8.76. The molecule has 0 saturated heterocycles. The molecule has 0 amide bonds. The summed E-state index contributed by atoms with van der Waals surface area (Å²) in [6.07, 6.45) is -0.186. The Bertz CT molecular complexity index is 454. The zero-order valence-corrected chi connectivity index (χ0v) is 12.3. The molecule has 0 fully saturated rings. The van der Waals surface area contributed by atoms with Crippen molar-refractivity contribution in [2.24, 2.45) is 0 Å². The van der Waals surface area contributed by atoms with E-state index in [1.165, 1.54) is 7.11 Å². The summed E-state index contributed by atoms with van der Waals surface area (Å²) in [7, 11) is -0.943. The van der Waals surface area contributed by atoms with Crippen LogP contribution in [-0.2, 0) is 4.43 Å². The number of hydrogen-bond donors (Lipinski definition) is 0. The average Bonchev–Trinajstić information content (AvgIpc) is 2.47. The van der Waals surface area contributed by atoms with Crippen LogP contribution in [0.5, 0.6) is 5.75 Å². The Morgan fingerprint density at radius 1 is 0.800 bits per heavy atom. The quantitative estimate of drug-likeness (QED) is 0.343. The van der Waals surface area contributed by atoms with Gasteiger partial charge in [0.25, 0.3) is 0 Å². The van der Waals surface area contributed by atoms with Crippen molar-refractivity contribution in [2.45, 2.75) is 25.9 Å². The van der Waals surface area contributed by atoms with Crippen molar-refractivity contribution >= 4 is 8.32 Å². The maximum atomic E-state index is 13.4. The third-order valence-electron chi connectivity index (χ3n) is 3.37. The van der Waals surface area contributed by atoms with Crippen LogP contribution in [0.1, 0.15) is 13.8 Å². The maximum Gasteiger partial charge on any atom is 0.229 e. The fraction of sp³-hybridized carbons (Fsp3) is 0.500. The highest BCUT2D eigenvalue weighted by Gasteiger charge is 2.34. The lowest BCUT2D eigenvalue weighted by Crippen LogP contribution is -2.43. The van der Waals surface area contributed by atoms with Crippen molar-refractivity contribution in [3.05, 3.63) is 29.1 Å². The molecule has 8 heteroatoms. The van der Waals surface area contributed by atoms with Gasteiger partial charge in [-0.3, -0.25) is 0 Å². The Hall–Kier alpha value is -1.15. The van der Waals surface area contributed by atoms with Crippen LogP contribution >= 0.6 is 0 Å². The Kier molecular flexibility index (Phi) is 5.52. The fourth-order valence-corrected chi connectivity index (χ4v) is 3.73. The zero-order valence-electron chi connectivity index (χ0n) is 11.3. The molecule has 0 bridgehead atoms. The van der Waals surface area contributed by atoms with Gasteiger partial charge in [0, 0.05) is 7.11 Å². The molecule has 2 nitrogen and oxygen atoms in total. The second kappa shape index (κ2) is 6.53. The summed E-state index contributed by atoms with van der Waals surface area (Å²) in [6, 6.07) is 1.19. The number of halogens is 5. The van der Waals surface area contributed by atoms with Crippen LogP contribution in [0.2, 0.25) is 12.1 Å². The summed E-state index contributed by atoms with van der Waals surface area (Å²) in [4.78, 5) is 0. The molecule has 0 heterocycles. The van der Waals surface area contributed by atoms with Gasteiger partial charge in [-0.25, -0.2) is 13.2 Å². The van der Waals surface area contributed by atoms with E-state index in [4.69, 9.17) is 9.16 Å². The largest absolute Gasteiger partial charge is 0.488 e. The predicted molar refractivity (Wildman–Crippen MR) is 65.5 cm³/mol. The molecule has 0 aliphatic heterocycles. The molecule has 0 unspecified atom stereocenters. The van der Waals surface area contributed by atoms with Crippen molar-refractivity contribution in [2.75, 3.05) is 13.3 Å². The predicted octanol–water partition coefficient (Wildman–Crippen LogP) is 3.93. The molecule has 0 atom stereocenters. The molecule has 0 radical (unpaired) electrons. The normalized spacial score (nSPS) is 11.8. The molecule has 0 aliphatic rings. The van der Waals surface area contributed by atoms with Crippen molar-refractivity contribution in [3.63, 3.8) is 0 Å². The van der Waals surface area contributed by atoms with Gasteiger partial charge in [-0.2, -0.15) is 8.78 Å². The summed E-state index contributed by atoms with van der Waals surface area (Å²) in [5.41, 5.74) is 0. The molecule has 0 N–H and O–H groups in total. The van der Waals surface area contributed by atoms with Crippen LogP contribution in [-0.4, -0.2) is 21.7 Å². The Morgan fingerprint density at radius 3 is 1.55 bits per heavy atom. The Morgan fingerprint density at radius 2 is 1.20 bits per heavy atom. The Labute approximate surface area is 114 Å². The highest BCUT2D eigenvalue weighted by molar-refractivity contribution is 6.73. The van der Waals surface area contributed by atoms with E-state index in [9.17, 15) is 22.0 Å². The maximum absolute atomic E-state index is 13.4. The second-order valence-electron chi connectivity index (χ2n) is 4.28. The number of benzene rings is 1. The van der Waals surface area contributed by atoms with Gasteiger partial charge in [-0.1, -0.05) is 13.8 Å². The smallest absolute Gasteiger partial charge is 0.229 e. The number of hydrogen-bond acceptors (Lipinski definition) is 2. The molecular formula is C12H15F5O2Si. The average molecular weight is 314 g/mol. The van der Waals surface area contributed by atoms with Gasteiger partial charge in [0.2, 0.25) is 37.4 Å². The van der Waals surface area contributed by atoms with E-state index >= 15 is 0 Å². The standard InChI is InChI=1S/C12H15F5O2Si/c1-4-20(5-2,18-3)6-19-12-10(16)8(14)7(13)9(15)11(12)17/h4-6H2,1-3H3. The van der Waals surface area contributed by atoms with Crippen molar-refractivity contribution in [3.8, 4) is 5.75 Å². The van der Waals surface area contributed by atoms with E-state index < -0.39 is 43.2 Å². The molecule has 114 valence electrons. The summed E-state index contributed by atoms with van der Waals surface area (Å²) in [5.74, 6) is -11.4. The molecule has 0 aromatic heterocycles. The van der Waals surface area contributed by atoms with E-state index in [0.29, 0.717) is 12.1 Å². The third kappa shape index (κ3) is 2.95. The highest BCUT2D eigenvalue weighted by Crippen LogP contribution is 2.30. The van der Waals surface area contributed by atoms with E-state index in [1.807, 2.05) is 13.8 Å². The fourth-order valence-electron chi connectivity index (χ4n) is 1.72. The SMILES string of the molecule is CC[Si](CC)(COc1c(F)c(F)c(F)c(F)c1F)OC. The first kappa shape index (κ1) is 16.9. The molecule has 1 aromatic rings. The minimum absolute atomic E-state index is 0.186. The lowest BCUT2D eigenvalue weighted by atomic mass is 10.3. The number of rotatable bonds is 6. The summed E-state index contributed by atoms with van der Waals surface area (Å²) >= 11 is 0. The lowest BCUT2D eigenvalue weighted by Gasteiger charge is -2.27. The van der Waals surface area contributed by atoms with Crippen LogP contribution in [0.4, 0.5) is 22.0 Å². The van der Waals surface area contributed by atoms with Gasteiger partial charge in [-0.15, -0.1) is 0 Å². The minimum atomic E-state index is -2.39. The first-order valence-electron chi connectivity index (χ1n) is 6.02. The third-order valence-corrected chi connectivity index (χ3v) is 7.48. The number of ether oxygens (including phenoxy) is 1. The van der Waals surface area contributed by atoms with Crippen LogP contribution in [0.25, 0.3) is 0 Å². The van der Waals surface area contributed by atoms with E-state index in [2.05, 4.69) is 0 Å². The topological polar surface area (TPSA) is 18.5 Å². The van der Waals surface area contributed by atoms with Crippen molar-refractivity contribution < 1.29 is 31.1 Å². The molecule has 20 heavy (non-hydrogen) atoms. The van der Waals surface area contributed by atoms with Crippen molar-refractivity contribution in [1.82, 2.24) is 0 Å². The molecule has 0 saturated carbocycles.